The monoisotopic (exact) mass is 337 g/mol. The zero-order valence-corrected chi connectivity index (χ0v) is 11.4. The van der Waals surface area contributed by atoms with E-state index in [-0.39, 0.29) is 0 Å². The van der Waals surface area contributed by atoms with E-state index in [9.17, 15) is 0 Å². The molecule has 4 heteroatoms. The molecule has 3 rings (SSSR count). The van der Waals surface area contributed by atoms with Crippen LogP contribution in [0.2, 0.25) is 0 Å². The molecule has 0 aliphatic carbocycles. The Hall–Kier alpha value is -1.30. The topological polar surface area (TPSA) is 28.2 Å². The maximum atomic E-state index is 4.43. The average Bonchev–Trinajstić information content (AvgIpc) is 2.39. The molecular formula is C13H12IN3. The minimum absolute atomic E-state index is 0.926. The number of nitrogens with one attached hydrogen (secondary N) is 1. The van der Waals surface area contributed by atoms with Crippen LogP contribution in [-0.4, -0.2) is 18.1 Å². The summed E-state index contributed by atoms with van der Waals surface area (Å²) in [4.78, 5) is 6.74. The molecule has 86 valence electrons. The summed E-state index contributed by atoms with van der Waals surface area (Å²) in [5.74, 6) is 0.973. The van der Waals surface area contributed by atoms with Crippen molar-refractivity contribution in [2.24, 2.45) is 0 Å². The molecule has 0 fully saturated rings. The van der Waals surface area contributed by atoms with Crippen molar-refractivity contribution in [3.05, 3.63) is 46.2 Å². The van der Waals surface area contributed by atoms with Gasteiger partial charge in [0.1, 0.15) is 5.82 Å². The van der Waals surface area contributed by atoms with Crippen LogP contribution < -0.4 is 10.2 Å². The molecule has 2 aromatic rings. The largest absolute Gasteiger partial charge is 0.367 e. The zero-order valence-electron chi connectivity index (χ0n) is 9.23. The van der Waals surface area contributed by atoms with Crippen molar-refractivity contribution in [1.29, 1.82) is 0 Å². The Kier molecular flexibility index (Phi) is 2.88. The van der Waals surface area contributed by atoms with E-state index in [4.69, 9.17) is 0 Å². The van der Waals surface area contributed by atoms with Gasteiger partial charge in [0.25, 0.3) is 0 Å². The summed E-state index contributed by atoms with van der Waals surface area (Å²) in [5.41, 5.74) is 2.38. The Labute approximate surface area is 114 Å². The Morgan fingerprint density at radius 2 is 2.06 bits per heavy atom. The first kappa shape index (κ1) is 10.8. The molecule has 1 aliphatic heterocycles. The third-order valence-electron chi connectivity index (χ3n) is 2.82. The molecular weight excluding hydrogens is 325 g/mol. The van der Waals surface area contributed by atoms with Crippen LogP contribution in [0.15, 0.2) is 42.6 Å². The maximum absolute atomic E-state index is 4.43. The Bertz CT molecular complexity index is 527. The fourth-order valence-corrected chi connectivity index (χ4v) is 2.49. The van der Waals surface area contributed by atoms with E-state index in [0.29, 0.717) is 0 Å². The van der Waals surface area contributed by atoms with Crippen LogP contribution >= 0.6 is 22.6 Å². The number of hydrogen-bond donors (Lipinski definition) is 1. The van der Waals surface area contributed by atoms with Crippen LogP contribution in [0.4, 0.5) is 17.2 Å². The summed E-state index contributed by atoms with van der Waals surface area (Å²) in [5, 5.41) is 3.33. The maximum Gasteiger partial charge on any atom is 0.150 e. The van der Waals surface area contributed by atoms with Crippen LogP contribution in [-0.2, 0) is 0 Å². The number of para-hydroxylation sites is 1. The van der Waals surface area contributed by atoms with Gasteiger partial charge in [0, 0.05) is 28.5 Å². The van der Waals surface area contributed by atoms with Gasteiger partial charge in [-0.05, 0) is 40.8 Å². The molecule has 0 saturated carbocycles. The molecule has 0 radical (unpaired) electrons. The quantitative estimate of drug-likeness (QED) is 0.810. The first-order valence-electron chi connectivity index (χ1n) is 5.56. The minimum atomic E-state index is 0.926. The normalized spacial score (nSPS) is 14.1. The number of rotatable bonds is 1. The third kappa shape index (κ3) is 2.09. The van der Waals surface area contributed by atoms with Gasteiger partial charge in [0.2, 0.25) is 0 Å². The highest BCUT2D eigenvalue weighted by atomic mass is 127. The van der Waals surface area contributed by atoms with Crippen molar-refractivity contribution in [2.75, 3.05) is 23.3 Å². The first-order chi connectivity index (χ1) is 8.34. The molecule has 0 amide bonds. The van der Waals surface area contributed by atoms with Gasteiger partial charge in [-0.15, -0.1) is 0 Å². The average molecular weight is 337 g/mol. The lowest BCUT2D eigenvalue weighted by molar-refractivity contribution is 0.910. The molecule has 1 N–H and O–H groups in total. The number of pyridine rings is 1. The van der Waals surface area contributed by atoms with Gasteiger partial charge in [0.15, 0.2) is 0 Å². The van der Waals surface area contributed by atoms with Crippen molar-refractivity contribution in [1.82, 2.24) is 4.98 Å². The van der Waals surface area contributed by atoms with E-state index in [1.54, 1.807) is 0 Å². The number of fused-ring (bicyclic) bond motifs is 1. The lowest BCUT2D eigenvalue weighted by Gasteiger charge is -2.31. The Morgan fingerprint density at radius 3 is 2.88 bits per heavy atom. The van der Waals surface area contributed by atoms with E-state index in [2.05, 4.69) is 68.1 Å². The van der Waals surface area contributed by atoms with Crippen molar-refractivity contribution >= 4 is 39.8 Å². The molecule has 0 spiro atoms. The standard InChI is InChI=1S/C13H12IN3/c14-10-8-12-13(16-9-10)15-6-7-17(12)11-4-2-1-3-5-11/h1-5,8-9H,6-7H2,(H,15,16). The fourth-order valence-electron chi connectivity index (χ4n) is 2.05. The fraction of sp³-hybridized carbons (Fsp3) is 0.154. The van der Waals surface area contributed by atoms with Crippen molar-refractivity contribution in [3.8, 4) is 0 Å². The third-order valence-corrected chi connectivity index (χ3v) is 3.41. The first-order valence-corrected chi connectivity index (χ1v) is 6.64. The number of halogens is 1. The SMILES string of the molecule is Ic1cnc2c(c1)N(c1ccccc1)CCN2. The number of nitrogens with zero attached hydrogens (tertiary/aromatic N) is 2. The lowest BCUT2D eigenvalue weighted by Crippen LogP contribution is -2.30. The van der Waals surface area contributed by atoms with Gasteiger partial charge in [0.05, 0.1) is 5.69 Å². The summed E-state index contributed by atoms with van der Waals surface area (Å²) >= 11 is 2.30. The van der Waals surface area contributed by atoms with Gasteiger partial charge >= 0.3 is 0 Å². The second-order valence-corrected chi connectivity index (χ2v) is 5.18. The summed E-state index contributed by atoms with van der Waals surface area (Å²) < 4.78 is 1.16. The lowest BCUT2D eigenvalue weighted by atomic mass is 10.2. The Balaban J connectivity index is 2.08. The number of anilines is 3. The predicted octanol–water partition coefficient (Wildman–Crippen LogP) is 3.25. The van der Waals surface area contributed by atoms with Gasteiger partial charge < -0.3 is 10.2 Å². The second kappa shape index (κ2) is 4.52. The van der Waals surface area contributed by atoms with Crippen molar-refractivity contribution in [3.63, 3.8) is 0 Å². The van der Waals surface area contributed by atoms with E-state index in [1.807, 2.05) is 12.3 Å². The number of benzene rings is 1. The smallest absolute Gasteiger partial charge is 0.150 e. The molecule has 1 aromatic carbocycles. The molecule has 2 heterocycles. The van der Waals surface area contributed by atoms with Crippen molar-refractivity contribution < 1.29 is 0 Å². The molecule has 0 unspecified atom stereocenters. The molecule has 17 heavy (non-hydrogen) atoms. The highest BCUT2D eigenvalue weighted by molar-refractivity contribution is 14.1. The van der Waals surface area contributed by atoms with Gasteiger partial charge in [-0.25, -0.2) is 4.98 Å². The van der Waals surface area contributed by atoms with Gasteiger partial charge in [-0.2, -0.15) is 0 Å². The Morgan fingerprint density at radius 1 is 1.24 bits per heavy atom. The predicted molar refractivity (Wildman–Crippen MR) is 78.9 cm³/mol. The highest BCUT2D eigenvalue weighted by Crippen LogP contribution is 2.33. The summed E-state index contributed by atoms with van der Waals surface area (Å²) in [6, 6.07) is 12.6. The number of aromatic nitrogens is 1. The molecule has 1 aromatic heterocycles. The van der Waals surface area contributed by atoms with Crippen molar-refractivity contribution in [2.45, 2.75) is 0 Å². The molecule has 0 bridgehead atoms. The molecule has 0 atom stereocenters. The van der Waals surface area contributed by atoms with E-state index in [0.717, 1.165) is 28.2 Å². The highest BCUT2D eigenvalue weighted by Gasteiger charge is 2.18. The van der Waals surface area contributed by atoms with Crippen LogP contribution in [0.3, 0.4) is 0 Å². The number of hydrogen-bond acceptors (Lipinski definition) is 3. The van der Waals surface area contributed by atoms with E-state index >= 15 is 0 Å². The zero-order chi connectivity index (χ0) is 11.7. The van der Waals surface area contributed by atoms with Gasteiger partial charge in [-0.1, -0.05) is 18.2 Å². The summed E-state index contributed by atoms with van der Waals surface area (Å²) in [6.07, 6.45) is 1.89. The van der Waals surface area contributed by atoms with Crippen LogP contribution in [0.1, 0.15) is 0 Å². The molecule has 1 aliphatic rings. The van der Waals surface area contributed by atoms with Gasteiger partial charge in [-0.3, -0.25) is 0 Å². The summed E-state index contributed by atoms with van der Waals surface area (Å²) in [6.45, 7) is 1.90. The minimum Gasteiger partial charge on any atom is -0.367 e. The van der Waals surface area contributed by atoms with E-state index < -0.39 is 0 Å². The van der Waals surface area contributed by atoms with Crippen LogP contribution in [0, 0.1) is 3.57 Å². The second-order valence-electron chi connectivity index (χ2n) is 3.94. The van der Waals surface area contributed by atoms with E-state index in [1.165, 1.54) is 5.69 Å². The van der Waals surface area contributed by atoms with Crippen LogP contribution in [0.5, 0.6) is 0 Å². The molecule has 0 saturated heterocycles. The summed E-state index contributed by atoms with van der Waals surface area (Å²) in [7, 11) is 0. The van der Waals surface area contributed by atoms with Crippen LogP contribution in [0.25, 0.3) is 0 Å². The molecule has 3 nitrogen and oxygen atoms in total.